The van der Waals surface area contributed by atoms with Crippen LogP contribution in [0.2, 0.25) is 0 Å². The summed E-state index contributed by atoms with van der Waals surface area (Å²) < 4.78 is 5.55. The smallest absolute Gasteiger partial charge is 0.137 e. The zero-order valence-corrected chi connectivity index (χ0v) is 9.70. The van der Waals surface area contributed by atoms with Crippen molar-refractivity contribution >= 4 is 6.21 Å². The van der Waals surface area contributed by atoms with Crippen molar-refractivity contribution in [2.24, 2.45) is 10.9 Å². The largest absolute Gasteiger partial charge is 0.356 e. The molecule has 0 rings (SSSR count). The van der Waals surface area contributed by atoms with Gasteiger partial charge in [0.05, 0.1) is 6.10 Å². The van der Waals surface area contributed by atoms with Crippen molar-refractivity contribution in [1.29, 1.82) is 0 Å². The monoisotopic (exact) mass is 197 g/mol. The van der Waals surface area contributed by atoms with Gasteiger partial charge >= 0.3 is 0 Å². The first kappa shape index (κ1) is 13.4. The van der Waals surface area contributed by atoms with Crippen LogP contribution in [0, 0.1) is 5.92 Å². The number of nitrogens with zero attached hydrogens (tertiary/aromatic N) is 1. The molecule has 1 atom stereocenters. The second-order valence-electron chi connectivity index (χ2n) is 3.57. The highest BCUT2D eigenvalue weighted by Gasteiger charge is 2.01. The van der Waals surface area contributed by atoms with Crippen LogP contribution >= 0.6 is 0 Å². The van der Waals surface area contributed by atoms with Gasteiger partial charge in [0, 0.05) is 6.21 Å². The summed E-state index contributed by atoms with van der Waals surface area (Å²) >= 11 is 0. The average molecular weight is 197 g/mol. The first-order valence-electron chi connectivity index (χ1n) is 5.46. The summed E-state index contributed by atoms with van der Waals surface area (Å²) in [5, 5.41) is 0. The average Bonchev–Trinajstić information content (AvgIpc) is 2.19. The highest BCUT2D eigenvalue weighted by Crippen LogP contribution is 2.03. The van der Waals surface area contributed by atoms with Crippen LogP contribution in [0.3, 0.4) is 0 Å². The van der Waals surface area contributed by atoms with Crippen LogP contribution in [0.4, 0.5) is 0 Å². The lowest BCUT2D eigenvalue weighted by atomic mass is 10.1. The molecular formula is C12H23NO. The Morgan fingerprint density at radius 3 is 2.50 bits per heavy atom. The second kappa shape index (κ2) is 8.95. The molecule has 0 N–H and O–H groups in total. The molecule has 0 aliphatic carbocycles. The summed E-state index contributed by atoms with van der Waals surface area (Å²) in [5.41, 5.74) is 0. The number of ether oxygens (including phenoxy) is 1. The highest BCUT2D eigenvalue weighted by atomic mass is 16.5. The molecule has 0 saturated heterocycles. The fourth-order valence-electron chi connectivity index (χ4n) is 1.22. The quantitative estimate of drug-likeness (QED) is 0.431. The standard InChI is InChI=1S/C12H23NO/c1-5-8-11(4)9-13-10-14-12(6-2)7-3/h5,9,11-12H,1,6-8,10H2,2-4H3/b13-9-. The summed E-state index contributed by atoms with van der Waals surface area (Å²) in [6.07, 6.45) is 7.33. The number of rotatable bonds is 8. The molecule has 0 spiro atoms. The highest BCUT2D eigenvalue weighted by molar-refractivity contribution is 5.60. The summed E-state index contributed by atoms with van der Waals surface area (Å²) in [5.74, 6) is 0.470. The van der Waals surface area contributed by atoms with E-state index in [1.807, 2.05) is 12.3 Å². The summed E-state index contributed by atoms with van der Waals surface area (Å²) in [6.45, 7) is 10.6. The lowest BCUT2D eigenvalue weighted by Crippen LogP contribution is -2.10. The lowest BCUT2D eigenvalue weighted by Gasteiger charge is -2.11. The zero-order valence-electron chi connectivity index (χ0n) is 9.70. The van der Waals surface area contributed by atoms with Gasteiger partial charge in [0.15, 0.2) is 0 Å². The molecule has 0 bridgehead atoms. The van der Waals surface area contributed by atoms with Gasteiger partial charge in [-0.3, -0.25) is 4.99 Å². The normalized spacial score (nSPS) is 13.7. The predicted molar refractivity (Wildman–Crippen MR) is 62.8 cm³/mol. The molecule has 82 valence electrons. The minimum Gasteiger partial charge on any atom is -0.356 e. The van der Waals surface area contributed by atoms with E-state index in [2.05, 4.69) is 32.3 Å². The minimum absolute atomic E-state index is 0.363. The maximum Gasteiger partial charge on any atom is 0.137 e. The van der Waals surface area contributed by atoms with Gasteiger partial charge in [-0.25, -0.2) is 0 Å². The SMILES string of the molecule is C=CCC(C)/C=N\COC(CC)CC. The van der Waals surface area contributed by atoms with Crippen molar-refractivity contribution in [3.05, 3.63) is 12.7 Å². The van der Waals surface area contributed by atoms with Crippen molar-refractivity contribution < 1.29 is 4.74 Å². The Morgan fingerprint density at radius 2 is 2.00 bits per heavy atom. The molecule has 0 aliphatic heterocycles. The van der Waals surface area contributed by atoms with E-state index in [0.29, 0.717) is 18.8 Å². The third-order valence-electron chi connectivity index (χ3n) is 2.19. The predicted octanol–water partition coefficient (Wildman–Crippen LogP) is 3.43. The summed E-state index contributed by atoms with van der Waals surface area (Å²) in [6, 6.07) is 0. The van der Waals surface area contributed by atoms with Crippen LogP contribution in [-0.2, 0) is 4.74 Å². The van der Waals surface area contributed by atoms with Crippen LogP contribution in [-0.4, -0.2) is 19.0 Å². The van der Waals surface area contributed by atoms with Crippen molar-refractivity contribution in [2.45, 2.75) is 46.1 Å². The Kier molecular flexibility index (Phi) is 8.54. The van der Waals surface area contributed by atoms with E-state index in [1.54, 1.807) is 0 Å². The maximum absolute atomic E-state index is 5.55. The van der Waals surface area contributed by atoms with Gasteiger partial charge < -0.3 is 4.74 Å². The molecule has 0 heterocycles. The number of allylic oxidation sites excluding steroid dienone is 1. The van der Waals surface area contributed by atoms with Crippen LogP contribution < -0.4 is 0 Å². The summed E-state index contributed by atoms with van der Waals surface area (Å²) in [4.78, 5) is 4.23. The zero-order chi connectivity index (χ0) is 10.8. The Bertz CT molecular complexity index is 162. The van der Waals surface area contributed by atoms with E-state index in [0.717, 1.165) is 19.3 Å². The van der Waals surface area contributed by atoms with E-state index in [4.69, 9.17) is 4.74 Å². The number of hydrogen-bond donors (Lipinski definition) is 0. The molecule has 0 aromatic heterocycles. The van der Waals surface area contributed by atoms with E-state index < -0.39 is 0 Å². The fraction of sp³-hybridized carbons (Fsp3) is 0.750. The summed E-state index contributed by atoms with van der Waals surface area (Å²) in [7, 11) is 0. The number of hydrogen-bond acceptors (Lipinski definition) is 2. The van der Waals surface area contributed by atoms with Gasteiger partial charge in [-0.2, -0.15) is 0 Å². The molecule has 1 unspecified atom stereocenters. The molecule has 0 amide bonds. The molecule has 0 aromatic rings. The van der Waals surface area contributed by atoms with E-state index >= 15 is 0 Å². The fourth-order valence-corrected chi connectivity index (χ4v) is 1.22. The van der Waals surface area contributed by atoms with Crippen molar-refractivity contribution in [3.8, 4) is 0 Å². The molecule has 14 heavy (non-hydrogen) atoms. The third-order valence-corrected chi connectivity index (χ3v) is 2.19. The minimum atomic E-state index is 0.363. The Morgan fingerprint density at radius 1 is 1.36 bits per heavy atom. The molecule has 0 radical (unpaired) electrons. The molecule has 0 aliphatic rings. The molecule has 2 nitrogen and oxygen atoms in total. The lowest BCUT2D eigenvalue weighted by molar-refractivity contribution is 0.0540. The van der Waals surface area contributed by atoms with Gasteiger partial charge in [0.1, 0.15) is 6.73 Å². The first-order chi connectivity index (χ1) is 6.74. The van der Waals surface area contributed by atoms with Crippen LogP contribution in [0.1, 0.15) is 40.0 Å². The Balaban J connectivity index is 3.55. The molecular weight excluding hydrogens is 174 g/mol. The van der Waals surface area contributed by atoms with Crippen LogP contribution in [0.15, 0.2) is 17.6 Å². The Labute approximate surface area is 88.1 Å². The van der Waals surface area contributed by atoms with Gasteiger partial charge in [0.25, 0.3) is 0 Å². The topological polar surface area (TPSA) is 21.6 Å². The Hall–Kier alpha value is -0.630. The van der Waals surface area contributed by atoms with Crippen LogP contribution in [0.5, 0.6) is 0 Å². The molecule has 0 saturated carbocycles. The van der Waals surface area contributed by atoms with Gasteiger partial charge in [-0.05, 0) is 25.2 Å². The molecule has 0 aromatic carbocycles. The van der Waals surface area contributed by atoms with Crippen molar-refractivity contribution in [2.75, 3.05) is 6.73 Å². The molecule has 0 fully saturated rings. The van der Waals surface area contributed by atoms with Gasteiger partial charge in [-0.1, -0.05) is 26.8 Å². The van der Waals surface area contributed by atoms with Gasteiger partial charge in [0.2, 0.25) is 0 Å². The van der Waals surface area contributed by atoms with Crippen molar-refractivity contribution in [3.63, 3.8) is 0 Å². The first-order valence-corrected chi connectivity index (χ1v) is 5.46. The maximum atomic E-state index is 5.55. The van der Waals surface area contributed by atoms with E-state index in [9.17, 15) is 0 Å². The van der Waals surface area contributed by atoms with Crippen LogP contribution in [0.25, 0.3) is 0 Å². The van der Waals surface area contributed by atoms with E-state index in [1.165, 1.54) is 0 Å². The second-order valence-corrected chi connectivity index (χ2v) is 3.57. The van der Waals surface area contributed by atoms with Crippen molar-refractivity contribution in [1.82, 2.24) is 0 Å². The van der Waals surface area contributed by atoms with E-state index in [-0.39, 0.29) is 0 Å². The number of aliphatic imine (C=N–C) groups is 1. The van der Waals surface area contributed by atoms with Gasteiger partial charge in [-0.15, -0.1) is 6.58 Å². The molecule has 2 heteroatoms. The third kappa shape index (κ3) is 6.84.